The second kappa shape index (κ2) is 7.87. The van der Waals surface area contributed by atoms with Gasteiger partial charge in [-0.1, -0.05) is 53.5 Å². The molecule has 0 saturated heterocycles. The van der Waals surface area contributed by atoms with Gasteiger partial charge < -0.3 is 9.15 Å². The van der Waals surface area contributed by atoms with Gasteiger partial charge in [0.2, 0.25) is 11.7 Å². The van der Waals surface area contributed by atoms with Crippen molar-refractivity contribution >= 4 is 39.8 Å². The number of rotatable bonds is 2. The number of ether oxygens (including phenoxy) is 1. The summed E-state index contributed by atoms with van der Waals surface area (Å²) in [5.74, 6) is 0.314. The third-order valence-corrected chi connectivity index (χ3v) is 6.98. The molecule has 4 aromatic heterocycles. The van der Waals surface area contributed by atoms with Crippen LogP contribution in [0.25, 0.3) is 28.1 Å². The number of para-hydroxylation sites is 1. The summed E-state index contributed by atoms with van der Waals surface area (Å²) >= 11 is 13.1. The summed E-state index contributed by atoms with van der Waals surface area (Å²) in [5, 5.41) is 5.85. The summed E-state index contributed by atoms with van der Waals surface area (Å²) in [6, 6.07) is 17.9. The van der Waals surface area contributed by atoms with E-state index in [0.717, 1.165) is 0 Å². The van der Waals surface area contributed by atoms with Gasteiger partial charge in [0, 0.05) is 6.20 Å². The quantitative estimate of drug-likeness (QED) is 0.266. The molecule has 5 heterocycles. The maximum absolute atomic E-state index is 13.4. The number of benzene rings is 2. The third kappa shape index (κ3) is 3.05. The summed E-state index contributed by atoms with van der Waals surface area (Å²) in [6.07, 6.45) is 3.18. The standard InChI is InChI=1S/C26H13Cl2N5O3/c27-15-8-5-7-14(21(15)28)18-19-22(13-6-1-2-10-17(13)35-26(19)34)36-25-20(18)24-31-23(32-33(24)12-30-25)16-9-3-4-11-29-16/h1-12,18H. The van der Waals surface area contributed by atoms with E-state index in [1.807, 2.05) is 36.4 Å². The Balaban J connectivity index is 1.59. The Morgan fingerprint density at radius 2 is 1.78 bits per heavy atom. The molecule has 1 atom stereocenters. The van der Waals surface area contributed by atoms with Crippen LogP contribution in [0.2, 0.25) is 10.0 Å². The molecule has 0 N–H and O–H groups in total. The number of hydrogen-bond acceptors (Lipinski definition) is 7. The van der Waals surface area contributed by atoms with E-state index in [9.17, 15) is 4.79 Å². The fourth-order valence-corrected chi connectivity index (χ4v) is 5.00. The molecule has 6 aromatic rings. The number of pyridine rings is 1. The number of halogens is 2. The van der Waals surface area contributed by atoms with Crippen molar-refractivity contribution in [3.05, 3.63) is 110 Å². The van der Waals surface area contributed by atoms with Gasteiger partial charge >= 0.3 is 5.63 Å². The second-order valence-corrected chi connectivity index (χ2v) is 8.97. The van der Waals surface area contributed by atoms with E-state index in [-0.39, 0.29) is 11.4 Å². The third-order valence-electron chi connectivity index (χ3n) is 6.15. The Bertz CT molecular complexity index is 1880. The van der Waals surface area contributed by atoms with Gasteiger partial charge in [0.1, 0.15) is 17.6 Å². The maximum atomic E-state index is 13.4. The van der Waals surface area contributed by atoms with Crippen LogP contribution < -0.4 is 10.4 Å². The molecule has 36 heavy (non-hydrogen) atoms. The lowest BCUT2D eigenvalue weighted by atomic mass is 9.84. The van der Waals surface area contributed by atoms with Crippen molar-refractivity contribution in [3.8, 4) is 23.1 Å². The van der Waals surface area contributed by atoms with Crippen LogP contribution in [-0.2, 0) is 0 Å². The average Bonchev–Trinajstić information content (AvgIpc) is 3.35. The first-order chi connectivity index (χ1) is 17.6. The first-order valence-electron chi connectivity index (χ1n) is 10.9. The molecule has 1 unspecified atom stereocenters. The SMILES string of the molecule is O=c1oc2ccccc2c2c1C(c1cccc(Cl)c1Cl)c1c(ncn3nc(-c4ccccn4)nc13)O2. The molecule has 0 amide bonds. The molecule has 1 aliphatic heterocycles. The molecular formula is C26H13Cl2N5O3. The van der Waals surface area contributed by atoms with Crippen LogP contribution >= 0.6 is 23.2 Å². The molecule has 0 saturated carbocycles. The van der Waals surface area contributed by atoms with Gasteiger partial charge in [-0.15, -0.1) is 5.10 Å². The van der Waals surface area contributed by atoms with E-state index in [2.05, 4.69) is 15.1 Å². The summed E-state index contributed by atoms with van der Waals surface area (Å²) in [5.41, 5.74) is 2.28. The minimum Gasteiger partial charge on any atom is -0.437 e. The Labute approximate surface area is 212 Å². The van der Waals surface area contributed by atoms with Crippen LogP contribution in [-0.4, -0.2) is 24.6 Å². The number of nitrogens with zero attached hydrogens (tertiary/aromatic N) is 5. The van der Waals surface area contributed by atoms with Crippen molar-refractivity contribution in [1.82, 2.24) is 24.6 Å². The monoisotopic (exact) mass is 513 g/mol. The first-order valence-corrected chi connectivity index (χ1v) is 11.7. The minimum atomic E-state index is -0.729. The van der Waals surface area contributed by atoms with Crippen LogP contribution in [0, 0.1) is 0 Å². The predicted molar refractivity (Wildman–Crippen MR) is 134 cm³/mol. The smallest absolute Gasteiger partial charge is 0.344 e. The summed E-state index contributed by atoms with van der Waals surface area (Å²) in [6.45, 7) is 0. The van der Waals surface area contributed by atoms with E-state index in [1.54, 1.807) is 30.5 Å². The van der Waals surface area contributed by atoms with E-state index in [1.165, 1.54) is 10.8 Å². The molecule has 10 heteroatoms. The lowest BCUT2D eigenvalue weighted by Gasteiger charge is -2.28. The molecule has 0 fully saturated rings. The van der Waals surface area contributed by atoms with Crippen LogP contribution in [0.5, 0.6) is 11.6 Å². The highest BCUT2D eigenvalue weighted by molar-refractivity contribution is 6.42. The summed E-state index contributed by atoms with van der Waals surface area (Å²) in [4.78, 5) is 27.1. The molecule has 0 radical (unpaired) electrons. The van der Waals surface area contributed by atoms with E-state index < -0.39 is 11.5 Å². The second-order valence-electron chi connectivity index (χ2n) is 8.19. The molecule has 174 valence electrons. The number of aromatic nitrogens is 5. The molecule has 0 bridgehead atoms. The van der Waals surface area contributed by atoms with E-state index in [0.29, 0.717) is 55.1 Å². The summed E-state index contributed by atoms with van der Waals surface area (Å²) < 4.78 is 13.5. The van der Waals surface area contributed by atoms with Crippen LogP contribution in [0.3, 0.4) is 0 Å². The topological polar surface area (TPSA) is 95.4 Å². The van der Waals surface area contributed by atoms with Gasteiger partial charge in [-0.25, -0.2) is 19.3 Å². The first kappa shape index (κ1) is 21.0. The molecule has 1 aliphatic rings. The zero-order valence-corrected chi connectivity index (χ0v) is 19.7. The van der Waals surface area contributed by atoms with Crippen molar-refractivity contribution in [3.63, 3.8) is 0 Å². The fourth-order valence-electron chi connectivity index (χ4n) is 4.59. The largest absolute Gasteiger partial charge is 0.437 e. The Morgan fingerprint density at radius 3 is 2.64 bits per heavy atom. The lowest BCUT2D eigenvalue weighted by molar-refractivity contribution is 0.422. The Morgan fingerprint density at radius 1 is 0.917 bits per heavy atom. The fraction of sp³-hybridized carbons (Fsp3) is 0.0385. The molecule has 0 aliphatic carbocycles. The van der Waals surface area contributed by atoms with Gasteiger partial charge in [-0.05, 0) is 35.9 Å². The van der Waals surface area contributed by atoms with Gasteiger partial charge in [-0.3, -0.25) is 4.98 Å². The highest BCUT2D eigenvalue weighted by atomic mass is 35.5. The molecule has 2 aromatic carbocycles. The molecule has 8 nitrogen and oxygen atoms in total. The van der Waals surface area contributed by atoms with Crippen molar-refractivity contribution in [2.24, 2.45) is 0 Å². The zero-order valence-electron chi connectivity index (χ0n) is 18.2. The number of fused-ring (bicyclic) bond motifs is 6. The Hall–Kier alpha value is -4.27. The van der Waals surface area contributed by atoms with Crippen LogP contribution in [0.15, 0.2) is 82.4 Å². The molecular weight excluding hydrogens is 501 g/mol. The van der Waals surface area contributed by atoms with Crippen molar-refractivity contribution in [2.75, 3.05) is 0 Å². The van der Waals surface area contributed by atoms with Crippen LogP contribution in [0.4, 0.5) is 0 Å². The van der Waals surface area contributed by atoms with Crippen LogP contribution in [0.1, 0.15) is 22.6 Å². The van der Waals surface area contributed by atoms with E-state index >= 15 is 0 Å². The highest BCUT2D eigenvalue weighted by Gasteiger charge is 2.38. The maximum Gasteiger partial charge on any atom is 0.344 e. The van der Waals surface area contributed by atoms with Crippen molar-refractivity contribution in [2.45, 2.75) is 5.92 Å². The van der Waals surface area contributed by atoms with Gasteiger partial charge in [0.05, 0.1) is 32.5 Å². The van der Waals surface area contributed by atoms with E-state index in [4.69, 9.17) is 37.3 Å². The predicted octanol–water partition coefficient (Wildman–Crippen LogP) is 5.89. The normalized spacial score (nSPS) is 14.4. The molecule has 0 spiro atoms. The van der Waals surface area contributed by atoms with Gasteiger partial charge in [-0.2, -0.15) is 0 Å². The summed E-state index contributed by atoms with van der Waals surface area (Å²) in [7, 11) is 0. The lowest BCUT2D eigenvalue weighted by Crippen LogP contribution is -2.22. The molecule has 7 rings (SSSR count). The van der Waals surface area contributed by atoms with Gasteiger partial charge in [0.25, 0.3) is 0 Å². The van der Waals surface area contributed by atoms with Crippen molar-refractivity contribution in [1.29, 1.82) is 0 Å². The zero-order chi connectivity index (χ0) is 24.4. The van der Waals surface area contributed by atoms with Gasteiger partial charge in [0.15, 0.2) is 11.4 Å². The Kier molecular flexibility index (Phi) is 4.60. The minimum absolute atomic E-state index is 0.280. The number of hydrogen-bond donors (Lipinski definition) is 0. The van der Waals surface area contributed by atoms with Crippen molar-refractivity contribution < 1.29 is 9.15 Å². The average molecular weight is 514 g/mol. The highest BCUT2D eigenvalue weighted by Crippen LogP contribution is 2.50.